The number of benzene rings is 3. The van der Waals surface area contributed by atoms with Gasteiger partial charge in [0.05, 0.1) is 22.8 Å². The van der Waals surface area contributed by atoms with E-state index in [1.165, 1.54) is 49.8 Å². The van der Waals surface area contributed by atoms with E-state index in [0.29, 0.717) is 27.4 Å². The summed E-state index contributed by atoms with van der Waals surface area (Å²) in [5.74, 6) is -4.39. The molecule has 13 heteroatoms. The van der Waals surface area contributed by atoms with Crippen LogP contribution in [-0.4, -0.2) is 32.6 Å². The number of aryl methyl sites for hydroxylation is 1. The van der Waals surface area contributed by atoms with Crippen molar-refractivity contribution in [1.82, 2.24) is 13.8 Å². The summed E-state index contributed by atoms with van der Waals surface area (Å²) in [6, 6.07) is 13.1. The number of carbonyl (C=O) groups excluding carboxylic acids is 1. The van der Waals surface area contributed by atoms with E-state index < -0.39 is 40.9 Å². The minimum absolute atomic E-state index is 0.00116. The standard InChI is InChI=1S/C31H26F4IN3O3S2/c1-4-41-28(40)11-8-18-6-5-7-20(29(18)34)17(2)24-16-27(43-3)39(37-24)26-14-19(9-10-22(26)32)42-31-23(33)15-25-21(30(31)35)12-13-38(25)44-36/h5-7,9-10,12-17H,4,8,11H2,1-3H3. The van der Waals surface area contributed by atoms with Crippen molar-refractivity contribution in [3.63, 3.8) is 0 Å². The molecule has 230 valence electrons. The zero-order valence-electron chi connectivity index (χ0n) is 23.7. The van der Waals surface area contributed by atoms with Crippen LogP contribution in [0.15, 0.2) is 65.8 Å². The van der Waals surface area contributed by atoms with Crippen LogP contribution < -0.4 is 4.74 Å². The molecule has 3 aromatic carbocycles. The molecule has 2 aromatic heterocycles. The van der Waals surface area contributed by atoms with Gasteiger partial charge in [-0.05, 0) is 55.0 Å². The van der Waals surface area contributed by atoms with Crippen molar-refractivity contribution in [2.45, 2.75) is 37.6 Å². The van der Waals surface area contributed by atoms with Crippen molar-refractivity contribution in [2.75, 3.05) is 12.9 Å². The van der Waals surface area contributed by atoms with Crippen LogP contribution in [0.25, 0.3) is 16.6 Å². The zero-order chi connectivity index (χ0) is 31.5. The van der Waals surface area contributed by atoms with Crippen LogP contribution in [-0.2, 0) is 16.0 Å². The topological polar surface area (TPSA) is 58.3 Å². The number of carbonyl (C=O) groups is 1. The van der Waals surface area contributed by atoms with Crippen LogP contribution in [0.5, 0.6) is 11.5 Å². The molecule has 0 saturated carbocycles. The first-order valence-corrected chi connectivity index (χ1v) is 18.0. The van der Waals surface area contributed by atoms with Crippen molar-refractivity contribution in [2.24, 2.45) is 0 Å². The molecule has 0 saturated heterocycles. The lowest BCUT2D eigenvalue weighted by Gasteiger charge is -2.14. The average Bonchev–Trinajstić information content (AvgIpc) is 3.63. The maximum absolute atomic E-state index is 15.5. The number of ether oxygens (including phenoxy) is 2. The monoisotopic (exact) mass is 755 g/mol. The molecule has 44 heavy (non-hydrogen) atoms. The SMILES string of the molecule is CCOC(=O)CCc1cccc(C(C)c2cc(SC)n(-c3cc(Oc4c(F)cc5c(ccn5SI)c4F)ccc3F)n2)c1F. The Hall–Kier alpha value is -3.17. The van der Waals surface area contributed by atoms with Gasteiger partial charge >= 0.3 is 5.97 Å². The van der Waals surface area contributed by atoms with E-state index >= 15 is 13.2 Å². The van der Waals surface area contributed by atoms with Crippen molar-refractivity contribution in [1.29, 1.82) is 0 Å². The second-order valence-electron chi connectivity index (χ2n) is 9.73. The fourth-order valence-corrected chi connectivity index (χ4v) is 6.74. The minimum atomic E-state index is -0.905. The molecule has 2 heterocycles. The number of esters is 1. The molecule has 0 spiro atoms. The van der Waals surface area contributed by atoms with Crippen molar-refractivity contribution < 1.29 is 31.8 Å². The van der Waals surface area contributed by atoms with Gasteiger partial charge < -0.3 is 9.47 Å². The summed E-state index contributed by atoms with van der Waals surface area (Å²) in [6.45, 7) is 3.75. The third-order valence-corrected chi connectivity index (χ3v) is 9.52. The second kappa shape index (κ2) is 13.9. The van der Waals surface area contributed by atoms with Gasteiger partial charge in [0.2, 0.25) is 0 Å². The highest BCUT2D eigenvalue weighted by Crippen LogP contribution is 2.37. The molecular weight excluding hydrogens is 729 g/mol. The van der Waals surface area contributed by atoms with Crippen LogP contribution in [0.4, 0.5) is 17.6 Å². The van der Waals surface area contributed by atoms with Gasteiger partial charge in [-0.2, -0.15) is 5.10 Å². The minimum Gasteiger partial charge on any atom is -0.466 e. The van der Waals surface area contributed by atoms with Gasteiger partial charge in [0.25, 0.3) is 0 Å². The fourth-order valence-electron chi connectivity index (χ4n) is 4.82. The summed E-state index contributed by atoms with van der Waals surface area (Å²) in [5.41, 5.74) is 1.57. The van der Waals surface area contributed by atoms with Crippen LogP contribution in [0.2, 0.25) is 0 Å². The van der Waals surface area contributed by atoms with Gasteiger partial charge in [0, 0.05) is 66.4 Å². The summed E-state index contributed by atoms with van der Waals surface area (Å²) in [5, 5.41) is 5.33. The van der Waals surface area contributed by atoms with E-state index in [1.807, 2.05) is 21.2 Å². The largest absolute Gasteiger partial charge is 0.466 e. The zero-order valence-corrected chi connectivity index (χ0v) is 27.5. The molecule has 1 unspecified atom stereocenters. The molecule has 0 aliphatic carbocycles. The van der Waals surface area contributed by atoms with Crippen molar-refractivity contribution in [3.05, 3.63) is 101 Å². The lowest BCUT2D eigenvalue weighted by atomic mass is 9.94. The van der Waals surface area contributed by atoms with E-state index in [4.69, 9.17) is 9.47 Å². The highest BCUT2D eigenvalue weighted by molar-refractivity contribution is 14.2. The molecule has 0 N–H and O–H groups in total. The molecule has 0 bridgehead atoms. The molecule has 0 fully saturated rings. The van der Waals surface area contributed by atoms with E-state index in [2.05, 4.69) is 5.10 Å². The van der Waals surface area contributed by atoms with Crippen molar-refractivity contribution >= 4 is 59.0 Å². The highest BCUT2D eigenvalue weighted by atomic mass is 127. The normalized spacial score (nSPS) is 12.1. The van der Waals surface area contributed by atoms with Gasteiger partial charge in [0.15, 0.2) is 17.4 Å². The number of rotatable bonds is 11. The number of thioether (sulfide) groups is 1. The smallest absolute Gasteiger partial charge is 0.306 e. The van der Waals surface area contributed by atoms with Crippen LogP contribution in [0.1, 0.15) is 43.0 Å². The molecule has 5 rings (SSSR count). The Bertz CT molecular complexity index is 1850. The molecule has 0 radical (unpaired) electrons. The maximum atomic E-state index is 15.5. The number of aromatic nitrogens is 3. The predicted molar refractivity (Wildman–Crippen MR) is 173 cm³/mol. The molecule has 1 atom stereocenters. The maximum Gasteiger partial charge on any atom is 0.306 e. The van der Waals surface area contributed by atoms with Crippen LogP contribution in [0.3, 0.4) is 0 Å². The Morgan fingerprint density at radius 2 is 1.84 bits per heavy atom. The summed E-state index contributed by atoms with van der Waals surface area (Å²) in [7, 11) is 1.27. The van der Waals surface area contributed by atoms with Crippen LogP contribution >= 0.6 is 42.1 Å². The molecule has 0 aliphatic rings. The summed E-state index contributed by atoms with van der Waals surface area (Å²) < 4.78 is 74.5. The highest BCUT2D eigenvalue weighted by Gasteiger charge is 2.23. The summed E-state index contributed by atoms with van der Waals surface area (Å²) >= 11 is 3.31. The third kappa shape index (κ3) is 6.45. The third-order valence-electron chi connectivity index (χ3n) is 7.07. The Balaban J connectivity index is 1.46. The van der Waals surface area contributed by atoms with E-state index in [-0.39, 0.29) is 36.3 Å². The van der Waals surface area contributed by atoms with E-state index in [9.17, 15) is 9.18 Å². The molecular formula is C31H26F4IN3O3S2. The number of halogens is 5. The summed E-state index contributed by atoms with van der Waals surface area (Å²) in [6.07, 6.45) is 3.65. The predicted octanol–water partition coefficient (Wildman–Crippen LogP) is 9.39. The second-order valence-corrected chi connectivity index (χ2v) is 12.3. The fraction of sp³-hybridized carbons (Fsp3) is 0.226. The van der Waals surface area contributed by atoms with E-state index in [0.717, 1.165) is 6.07 Å². The number of hydrogen-bond donors (Lipinski definition) is 0. The van der Waals surface area contributed by atoms with Gasteiger partial charge in [-0.25, -0.2) is 22.2 Å². The van der Waals surface area contributed by atoms with E-state index in [1.54, 1.807) is 54.5 Å². The molecule has 0 amide bonds. The lowest BCUT2D eigenvalue weighted by molar-refractivity contribution is -0.143. The first-order valence-electron chi connectivity index (χ1n) is 13.5. The van der Waals surface area contributed by atoms with Crippen molar-refractivity contribution in [3.8, 4) is 17.2 Å². The Morgan fingerprint density at radius 3 is 2.57 bits per heavy atom. The number of nitrogens with zero attached hydrogens (tertiary/aromatic N) is 3. The Kier molecular flexibility index (Phi) is 10.2. The first-order chi connectivity index (χ1) is 21.2. The van der Waals surface area contributed by atoms with Gasteiger partial charge in [0.1, 0.15) is 23.1 Å². The first kappa shape index (κ1) is 32.2. The van der Waals surface area contributed by atoms with Gasteiger partial charge in [-0.15, -0.1) is 11.8 Å². The van der Waals surface area contributed by atoms with Crippen LogP contribution in [0, 0.1) is 23.3 Å². The average molecular weight is 756 g/mol. The number of hydrogen-bond acceptors (Lipinski definition) is 6. The molecule has 5 aromatic rings. The quantitative estimate of drug-likeness (QED) is 0.0580. The summed E-state index contributed by atoms with van der Waals surface area (Å²) in [4.78, 5) is 11.8. The molecule has 0 aliphatic heterocycles. The Labute approximate surface area is 271 Å². The number of fused-ring (bicyclic) bond motifs is 1. The molecule has 6 nitrogen and oxygen atoms in total. The van der Waals surface area contributed by atoms with Gasteiger partial charge in [-0.1, -0.05) is 25.1 Å². The van der Waals surface area contributed by atoms with Gasteiger partial charge in [-0.3, -0.25) is 8.77 Å². The Morgan fingerprint density at radius 1 is 1.05 bits per heavy atom. The lowest BCUT2D eigenvalue weighted by Crippen LogP contribution is -2.08.